The summed E-state index contributed by atoms with van der Waals surface area (Å²) in [7, 11) is -2.94. The van der Waals surface area contributed by atoms with Crippen molar-refractivity contribution in [3.63, 3.8) is 0 Å². The van der Waals surface area contributed by atoms with Gasteiger partial charge >= 0.3 is 0 Å². The first-order valence-electron chi connectivity index (χ1n) is 9.09. The van der Waals surface area contributed by atoms with Crippen LogP contribution in [0.1, 0.15) is 5.56 Å². The van der Waals surface area contributed by atoms with Crippen LogP contribution in [0.25, 0.3) is 0 Å². The number of benzene rings is 3. The van der Waals surface area contributed by atoms with Crippen LogP contribution in [0, 0.1) is 11.6 Å². The van der Waals surface area contributed by atoms with Gasteiger partial charge in [0, 0.05) is 6.42 Å². The Hall–Kier alpha value is -2.86. The van der Waals surface area contributed by atoms with Crippen LogP contribution in [0.15, 0.2) is 84.1 Å². The zero-order chi connectivity index (χ0) is 21.0. The molecule has 0 amide bonds. The molecule has 29 heavy (non-hydrogen) atoms. The van der Waals surface area contributed by atoms with Gasteiger partial charge in [-0.05, 0) is 42.0 Å². The van der Waals surface area contributed by atoms with Crippen molar-refractivity contribution in [3.05, 3.63) is 101 Å². The molecule has 1 nitrogen and oxygen atoms in total. The fraction of sp³-hybridized carbons (Fsp3) is 0.130. The summed E-state index contributed by atoms with van der Waals surface area (Å²) < 4.78 is 62.4. The maximum atomic E-state index is 14.9. The van der Waals surface area contributed by atoms with Crippen LogP contribution in [-0.4, -0.2) is 8.07 Å². The molecule has 3 aromatic carbocycles. The molecule has 0 aliphatic heterocycles. The van der Waals surface area contributed by atoms with Crippen molar-refractivity contribution in [2.45, 2.75) is 19.5 Å². The summed E-state index contributed by atoms with van der Waals surface area (Å²) in [6.07, 6.45) is -0.325. The molecular weight excluding hydrogens is 396 g/mol. The first-order chi connectivity index (χ1) is 13.8. The minimum absolute atomic E-state index is 0.0584. The summed E-state index contributed by atoms with van der Waals surface area (Å²) in [4.78, 5) is 0. The molecule has 0 spiro atoms. The average Bonchev–Trinajstić information content (AvgIpc) is 2.71. The van der Waals surface area contributed by atoms with E-state index in [2.05, 4.69) is 0 Å². The molecule has 6 heteroatoms. The summed E-state index contributed by atoms with van der Waals surface area (Å²) in [6.45, 7) is 3.31. The fourth-order valence-electron chi connectivity index (χ4n) is 2.94. The van der Waals surface area contributed by atoms with Crippen LogP contribution in [0.2, 0.25) is 13.1 Å². The van der Waals surface area contributed by atoms with E-state index in [0.717, 1.165) is 0 Å². The van der Waals surface area contributed by atoms with Gasteiger partial charge in [-0.25, -0.2) is 17.6 Å². The summed E-state index contributed by atoms with van der Waals surface area (Å²) in [5.74, 6) is -1.56. The molecule has 150 valence electrons. The highest BCUT2D eigenvalue weighted by molar-refractivity contribution is 6.95. The third-order valence-electron chi connectivity index (χ3n) is 4.68. The van der Waals surface area contributed by atoms with Gasteiger partial charge in [0.15, 0.2) is 19.6 Å². The van der Waals surface area contributed by atoms with Crippen molar-refractivity contribution in [1.82, 2.24) is 0 Å². The first kappa shape index (κ1) is 20.9. The maximum absolute atomic E-state index is 14.9. The molecule has 0 N–H and O–H groups in total. The number of rotatable bonds is 6. The first-order valence-corrected chi connectivity index (χ1v) is 12.1. The lowest BCUT2D eigenvalue weighted by atomic mass is 10.1. The number of hydrogen-bond donors (Lipinski definition) is 0. The topological polar surface area (TPSA) is 9.23 Å². The van der Waals surface area contributed by atoms with Crippen LogP contribution in [-0.2, 0) is 6.42 Å². The van der Waals surface area contributed by atoms with Gasteiger partial charge in [-0.3, -0.25) is 0 Å². The quantitative estimate of drug-likeness (QED) is 0.325. The van der Waals surface area contributed by atoms with Crippen molar-refractivity contribution in [2.24, 2.45) is 0 Å². The average molecular weight is 416 g/mol. The van der Waals surface area contributed by atoms with E-state index in [1.54, 1.807) is 43.4 Å². The number of allylic oxidation sites excluding steroid dienone is 1. The van der Waals surface area contributed by atoms with E-state index in [-0.39, 0.29) is 12.2 Å². The van der Waals surface area contributed by atoms with E-state index in [4.69, 9.17) is 4.74 Å². The third kappa shape index (κ3) is 4.95. The van der Waals surface area contributed by atoms with Gasteiger partial charge in [0.2, 0.25) is 0 Å². The highest BCUT2D eigenvalue weighted by Crippen LogP contribution is 2.28. The fourth-order valence-corrected chi connectivity index (χ4v) is 4.96. The molecule has 3 rings (SSSR count). The number of para-hydroxylation sites is 1. The van der Waals surface area contributed by atoms with Gasteiger partial charge in [0.1, 0.15) is 22.8 Å². The second-order valence-electron chi connectivity index (χ2n) is 7.21. The van der Waals surface area contributed by atoms with Crippen LogP contribution >= 0.6 is 0 Å². The Kier molecular flexibility index (Phi) is 6.22. The van der Waals surface area contributed by atoms with Crippen LogP contribution < -0.4 is 9.92 Å². The molecule has 0 aromatic heterocycles. The predicted molar refractivity (Wildman–Crippen MR) is 109 cm³/mol. The van der Waals surface area contributed by atoms with Crippen LogP contribution in [0.5, 0.6) is 11.5 Å². The summed E-state index contributed by atoms with van der Waals surface area (Å²) >= 11 is 0. The van der Waals surface area contributed by atoms with E-state index in [1.807, 2.05) is 0 Å². The Balaban J connectivity index is 1.84. The van der Waals surface area contributed by atoms with Crippen molar-refractivity contribution in [3.8, 4) is 11.5 Å². The van der Waals surface area contributed by atoms with E-state index in [1.165, 1.54) is 42.5 Å². The lowest BCUT2D eigenvalue weighted by Crippen LogP contribution is -2.43. The maximum Gasteiger partial charge on any atom is 0.165 e. The van der Waals surface area contributed by atoms with Gasteiger partial charge in [-0.2, -0.15) is 0 Å². The molecule has 0 heterocycles. The summed E-state index contributed by atoms with van der Waals surface area (Å²) in [6, 6.07) is 18.0. The van der Waals surface area contributed by atoms with E-state index < -0.39 is 31.0 Å². The zero-order valence-corrected chi connectivity index (χ0v) is 17.1. The summed E-state index contributed by atoms with van der Waals surface area (Å²) in [5, 5.41) is 0.582. The lowest BCUT2D eigenvalue weighted by molar-refractivity contribution is 0.441. The molecule has 0 saturated heterocycles. The van der Waals surface area contributed by atoms with Crippen LogP contribution in [0.4, 0.5) is 17.6 Å². The molecule has 0 saturated carbocycles. The number of halogens is 4. The van der Waals surface area contributed by atoms with Crippen molar-refractivity contribution in [2.75, 3.05) is 0 Å². The van der Waals surface area contributed by atoms with Gasteiger partial charge in [-0.15, -0.1) is 0 Å². The lowest BCUT2D eigenvalue weighted by Gasteiger charge is -2.21. The third-order valence-corrected chi connectivity index (χ3v) is 7.82. The smallest absolute Gasteiger partial charge is 0.165 e. The molecule has 0 bridgehead atoms. The highest BCUT2D eigenvalue weighted by Gasteiger charge is 2.32. The minimum atomic E-state index is -2.94. The Morgan fingerprint density at radius 2 is 1.52 bits per heavy atom. The Bertz CT molecular complexity index is 1010. The van der Waals surface area contributed by atoms with E-state index in [0.29, 0.717) is 16.5 Å². The number of ether oxygens (including phenoxy) is 1. The second kappa shape index (κ2) is 8.65. The SMILES string of the molecule is C[Si](C)(C(F)=C(F)Cc1ccc(F)c(Oc2ccccc2)c1)c1ccc(F)cc1. The van der Waals surface area contributed by atoms with Gasteiger partial charge in [0.25, 0.3) is 0 Å². The largest absolute Gasteiger partial charge is 0.454 e. The Morgan fingerprint density at radius 1 is 0.862 bits per heavy atom. The minimum Gasteiger partial charge on any atom is -0.454 e. The normalized spacial score (nSPS) is 12.5. The zero-order valence-electron chi connectivity index (χ0n) is 16.1. The molecule has 0 atom stereocenters. The van der Waals surface area contributed by atoms with Crippen molar-refractivity contribution < 1.29 is 22.3 Å². The molecule has 0 unspecified atom stereocenters. The van der Waals surface area contributed by atoms with Gasteiger partial charge < -0.3 is 4.74 Å². The van der Waals surface area contributed by atoms with Crippen molar-refractivity contribution >= 4 is 13.3 Å². The number of hydrogen-bond acceptors (Lipinski definition) is 1. The Labute approximate surface area is 168 Å². The van der Waals surface area contributed by atoms with Gasteiger partial charge in [-0.1, -0.05) is 54.7 Å². The predicted octanol–water partition coefficient (Wildman–Crippen LogP) is 6.61. The standard InChI is InChI=1S/C23H20F4OSi/c1-29(2,19-11-9-17(24)10-12-19)23(27)21(26)14-16-8-13-20(25)22(15-16)28-18-6-4-3-5-7-18/h3-13,15H,14H2,1-2H3. The van der Waals surface area contributed by atoms with E-state index in [9.17, 15) is 17.6 Å². The molecule has 0 aliphatic carbocycles. The molecule has 3 aromatic rings. The highest BCUT2D eigenvalue weighted by atomic mass is 28.3. The molecule has 0 radical (unpaired) electrons. The molecular formula is C23H20F4OSi. The van der Waals surface area contributed by atoms with Crippen LogP contribution in [0.3, 0.4) is 0 Å². The van der Waals surface area contributed by atoms with Crippen molar-refractivity contribution in [1.29, 1.82) is 0 Å². The monoisotopic (exact) mass is 416 g/mol. The van der Waals surface area contributed by atoms with Gasteiger partial charge in [0.05, 0.1) is 0 Å². The molecule has 0 aliphatic rings. The summed E-state index contributed by atoms with van der Waals surface area (Å²) in [5.41, 5.74) is -0.437. The molecule has 0 fully saturated rings. The second-order valence-corrected chi connectivity index (χ2v) is 11.5. The Morgan fingerprint density at radius 3 is 2.17 bits per heavy atom. The van der Waals surface area contributed by atoms with E-state index >= 15 is 0 Å².